The van der Waals surface area contributed by atoms with E-state index < -0.39 is 0 Å². The zero-order valence-electron chi connectivity index (χ0n) is 14.5. The fraction of sp³-hybridized carbons (Fsp3) is 0.471. The smallest absolute Gasteiger partial charge is 0.234 e. The fourth-order valence-corrected chi connectivity index (χ4v) is 5.43. The molecule has 140 valence electrons. The maximum absolute atomic E-state index is 12.3. The maximum Gasteiger partial charge on any atom is 0.234 e. The molecule has 0 aliphatic heterocycles. The van der Waals surface area contributed by atoms with Crippen molar-refractivity contribution in [3.8, 4) is 0 Å². The zero-order valence-corrected chi connectivity index (χ0v) is 18.5. The number of amides is 1. The van der Waals surface area contributed by atoms with Gasteiger partial charge < -0.3 is 11.2 Å². The highest BCUT2D eigenvalue weighted by atomic mass is 79.9. The number of benzene rings is 1. The van der Waals surface area contributed by atoms with Gasteiger partial charge in [0.2, 0.25) is 11.1 Å². The molecule has 0 bridgehead atoms. The lowest BCUT2D eigenvalue weighted by Gasteiger charge is -2.20. The molecule has 3 N–H and O–H groups in total. The van der Waals surface area contributed by atoms with Crippen molar-refractivity contribution in [3.05, 3.63) is 32.5 Å². The number of nitrogens with zero attached hydrogens (tertiary/aromatic N) is 3. The normalized spacial score (nSPS) is 15.2. The van der Waals surface area contributed by atoms with Crippen LogP contribution >= 0.6 is 43.6 Å². The van der Waals surface area contributed by atoms with Crippen molar-refractivity contribution in [2.75, 3.05) is 16.9 Å². The van der Waals surface area contributed by atoms with Crippen LogP contribution in [0.2, 0.25) is 0 Å². The predicted molar refractivity (Wildman–Crippen MR) is 112 cm³/mol. The molecule has 1 heterocycles. The number of aromatic nitrogens is 3. The number of aryl methyl sites for hydroxylation is 1. The van der Waals surface area contributed by atoms with Gasteiger partial charge in [-0.2, -0.15) is 0 Å². The number of carbonyl (C=O) groups excluding carboxylic acids is 1. The molecule has 1 aliphatic carbocycles. The standard InChI is InChI=1S/C17H21Br2N5OS/c1-10-7-12(18)15(13(19)8-10)21-14(25)9-26-17-23-22-16(24(17)20)11-5-3-2-4-6-11/h7-8,11H,2-6,9,20H2,1H3,(H,21,25). The molecule has 9 heteroatoms. The molecule has 0 radical (unpaired) electrons. The zero-order chi connectivity index (χ0) is 18.7. The van der Waals surface area contributed by atoms with Crippen molar-refractivity contribution in [2.45, 2.75) is 50.1 Å². The molecule has 1 aliphatic rings. The van der Waals surface area contributed by atoms with Crippen LogP contribution in [0.3, 0.4) is 0 Å². The van der Waals surface area contributed by atoms with Crippen molar-refractivity contribution in [3.63, 3.8) is 0 Å². The lowest BCUT2D eigenvalue weighted by molar-refractivity contribution is -0.113. The van der Waals surface area contributed by atoms with Gasteiger partial charge in [0.1, 0.15) is 0 Å². The minimum absolute atomic E-state index is 0.123. The first-order valence-electron chi connectivity index (χ1n) is 8.54. The van der Waals surface area contributed by atoms with Gasteiger partial charge in [-0.05, 0) is 69.3 Å². The Morgan fingerprint density at radius 1 is 1.27 bits per heavy atom. The van der Waals surface area contributed by atoms with Gasteiger partial charge in [-0.25, -0.2) is 4.68 Å². The highest BCUT2D eigenvalue weighted by Gasteiger charge is 2.23. The lowest BCUT2D eigenvalue weighted by Crippen LogP contribution is -2.20. The van der Waals surface area contributed by atoms with E-state index in [2.05, 4.69) is 47.4 Å². The topological polar surface area (TPSA) is 85.8 Å². The Balaban J connectivity index is 1.61. The van der Waals surface area contributed by atoms with Crippen LogP contribution in [-0.4, -0.2) is 26.5 Å². The van der Waals surface area contributed by atoms with E-state index in [1.54, 1.807) is 4.68 Å². The Hall–Kier alpha value is -1.06. The molecule has 1 aromatic carbocycles. The largest absolute Gasteiger partial charge is 0.336 e. The molecule has 1 amide bonds. The third-order valence-electron chi connectivity index (χ3n) is 4.44. The van der Waals surface area contributed by atoms with E-state index in [1.165, 1.54) is 31.0 Å². The van der Waals surface area contributed by atoms with Crippen molar-refractivity contribution < 1.29 is 4.79 Å². The van der Waals surface area contributed by atoms with Gasteiger partial charge in [-0.1, -0.05) is 31.0 Å². The number of halogens is 2. The molecule has 2 aromatic rings. The van der Waals surface area contributed by atoms with Gasteiger partial charge in [0.25, 0.3) is 0 Å². The summed E-state index contributed by atoms with van der Waals surface area (Å²) in [6.45, 7) is 1.99. The maximum atomic E-state index is 12.3. The van der Waals surface area contributed by atoms with Crippen LogP contribution in [0.25, 0.3) is 0 Å². The summed E-state index contributed by atoms with van der Waals surface area (Å²) in [6, 6.07) is 3.92. The molecule has 0 unspecified atom stereocenters. The van der Waals surface area contributed by atoms with E-state index in [-0.39, 0.29) is 11.7 Å². The Bertz CT molecular complexity index is 781. The van der Waals surface area contributed by atoms with E-state index in [0.717, 1.165) is 38.9 Å². The Kier molecular flexibility index (Phi) is 6.63. The van der Waals surface area contributed by atoms with Crippen LogP contribution in [0.15, 0.2) is 26.2 Å². The number of rotatable bonds is 5. The summed E-state index contributed by atoms with van der Waals surface area (Å²) < 4.78 is 3.22. The third kappa shape index (κ3) is 4.61. The molecule has 6 nitrogen and oxygen atoms in total. The van der Waals surface area contributed by atoms with Crippen LogP contribution in [0, 0.1) is 6.92 Å². The highest BCUT2D eigenvalue weighted by molar-refractivity contribution is 9.11. The van der Waals surface area contributed by atoms with Crippen molar-refractivity contribution >= 4 is 55.2 Å². The number of hydrogen-bond acceptors (Lipinski definition) is 5. The Morgan fingerprint density at radius 3 is 2.58 bits per heavy atom. The number of carbonyl (C=O) groups is 1. The number of anilines is 1. The summed E-state index contributed by atoms with van der Waals surface area (Å²) >= 11 is 8.26. The first kappa shape index (κ1) is 19.7. The van der Waals surface area contributed by atoms with Crippen molar-refractivity contribution in [1.29, 1.82) is 0 Å². The van der Waals surface area contributed by atoms with Crippen LogP contribution in [-0.2, 0) is 4.79 Å². The van der Waals surface area contributed by atoms with Gasteiger partial charge >= 0.3 is 0 Å². The van der Waals surface area contributed by atoms with Gasteiger partial charge in [0.05, 0.1) is 11.4 Å². The number of hydrogen-bond donors (Lipinski definition) is 2. The molecule has 26 heavy (non-hydrogen) atoms. The summed E-state index contributed by atoms with van der Waals surface area (Å²) in [5.74, 6) is 7.46. The molecule has 1 fully saturated rings. The monoisotopic (exact) mass is 501 g/mol. The first-order valence-corrected chi connectivity index (χ1v) is 11.1. The first-order chi connectivity index (χ1) is 12.5. The second kappa shape index (κ2) is 8.75. The molecule has 0 atom stereocenters. The van der Waals surface area contributed by atoms with Crippen LogP contribution in [0.5, 0.6) is 0 Å². The summed E-state index contributed by atoms with van der Waals surface area (Å²) in [6.07, 6.45) is 5.92. The van der Waals surface area contributed by atoms with E-state index >= 15 is 0 Å². The fourth-order valence-electron chi connectivity index (χ4n) is 3.15. The van der Waals surface area contributed by atoms with Crippen molar-refractivity contribution in [1.82, 2.24) is 14.9 Å². The van der Waals surface area contributed by atoms with Crippen molar-refractivity contribution in [2.24, 2.45) is 0 Å². The second-order valence-corrected chi connectivity index (χ2v) is 9.14. The lowest BCUT2D eigenvalue weighted by atomic mass is 9.89. The van der Waals surface area contributed by atoms with E-state index in [4.69, 9.17) is 5.84 Å². The molecule has 0 saturated heterocycles. The molecule has 3 rings (SSSR count). The number of thioether (sulfide) groups is 1. The number of nitrogens with one attached hydrogen (secondary N) is 1. The van der Waals surface area contributed by atoms with Crippen LogP contribution in [0.1, 0.15) is 49.4 Å². The molecular weight excluding hydrogens is 482 g/mol. The average molecular weight is 503 g/mol. The SMILES string of the molecule is Cc1cc(Br)c(NC(=O)CSc2nnc(C3CCCCC3)n2N)c(Br)c1. The Labute approximate surface area is 173 Å². The predicted octanol–water partition coefficient (Wildman–Crippen LogP) is 4.60. The van der Waals surface area contributed by atoms with Crippen LogP contribution in [0.4, 0.5) is 5.69 Å². The summed E-state index contributed by atoms with van der Waals surface area (Å²) in [5.41, 5.74) is 1.82. The molecule has 1 aromatic heterocycles. The quantitative estimate of drug-likeness (QED) is 0.460. The highest BCUT2D eigenvalue weighted by Crippen LogP contribution is 2.33. The average Bonchev–Trinajstić information content (AvgIpc) is 2.98. The van der Waals surface area contributed by atoms with Gasteiger partial charge in [-0.15, -0.1) is 10.2 Å². The van der Waals surface area contributed by atoms with Gasteiger partial charge in [0, 0.05) is 14.9 Å². The Morgan fingerprint density at radius 2 is 1.92 bits per heavy atom. The van der Waals surface area contributed by atoms with Gasteiger partial charge in [0.15, 0.2) is 5.82 Å². The van der Waals surface area contributed by atoms with Gasteiger partial charge in [-0.3, -0.25) is 4.79 Å². The van der Waals surface area contributed by atoms with E-state index in [1.807, 2.05) is 19.1 Å². The molecule has 0 spiro atoms. The summed E-state index contributed by atoms with van der Waals surface area (Å²) in [7, 11) is 0. The second-order valence-electron chi connectivity index (χ2n) is 6.49. The summed E-state index contributed by atoms with van der Waals surface area (Å²) in [4.78, 5) is 12.3. The van der Waals surface area contributed by atoms with E-state index in [9.17, 15) is 4.79 Å². The number of nitrogen functional groups attached to an aromatic ring is 1. The third-order valence-corrected chi connectivity index (χ3v) is 6.64. The molecular formula is C17H21Br2N5OS. The minimum atomic E-state index is -0.123. The minimum Gasteiger partial charge on any atom is -0.336 e. The molecule has 1 saturated carbocycles. The number of nitrogens with two attached hydrogens (primary N) is 1. The summed E-state index contributed by atoms with van der Waals surface area (Å²) in [5, 5.41) is 11.9. The van der Waals surface area contributed by atoms with E-state index in [0.29, 0.717) is 11.1 Å². The van der Waals surface area contributed by atoms with Crippen LogP contribution < -0.4 is 11.2 Å².